The second kappa shape index (κ2) is 3.98. The van der Waals surface area contributed by atoms with Crippen LogP contribution in [-0.4, -0.2) is 30.2 Å². The number of pyridine rings is 1. The van der Waals surface area contributed by atoms with Crippen molar-refractivity contribution in [3.63, 3.8) is 0 Å². The molecular weight excluding hydrogens is 218 g/mol. The molecule has 1 aromatic rings. The molecule has 6 heteroatoms. The fraction of sp³-hybridized carbons (Fsp3) is 0.333. The minimum absolute atomic E-state index is 0.163. The molecule has 0 bridgehead atoms. The van der Waals surface area contributed by atoms with Crippen molar-refractivity contribution in [1.82, 2.24) is 4.98 Å². The molecule has 0 saturated carbocycles. The van der Waals surface area contributed by atoms with E-state index in [9.17, 15) is 13.2 Å². The molecule has 0 unspecified atom stereocenters. The number of aromatic nitrogens is 1. The Morgan fingerprint density at radius 2 is 2.07 bits per heavy atom. The van der Waals surface area contributed by atoms with Gasteiger partial charge in [0.05, 0.1) is 11.3 Å². The van der Waals surface area contributed by atoms with Crippen LogP contribution in [0.3, 0.4) is 0 Å². The number of sulfone groups is 1. The highest BCUT2D eigenvalue weighted by atomic mass is 32.2. The summed E-state index contributed by atoms with van der Waals surface area (Å²) in [6, 6.07) is 2.73. The van der Waals surface area contributed by atoms with E-state index in [0.29, 0.717) is 5.69 Å². The van der Waals surface area contributed by atoms with Gasteiger partial charge >= 0.3 is 5.97 Å². The normalized spacial score (nSPS) is 11.3. The molecule has 5 nitrogen and oxygen atoms in total. The molecule has 0 fully saturated rings. The Bertz CT molecular complexity index is 493. The average molecular weight is 229 g/mol. The van der Waals surface area contributed by atoms with Gasteiger partial charge in [0, 0.05) is 5.69 Å². The number of aromatic carboxylic acids is 1. The van der Waals surface area contributed by atoms with Gasteiger partial charge in [0.1, 0.15) is 0 Å². The Hall–Kier alpha value is -1.43. The lowest BCUT2D eigenvalue weighted by Crippen LogP contribution is -2.13. The third-order valence-electron chi connectivity index (χ3n) is 1.90. The molecule has 0 aromatic carbocycles. The van der Waals surface area contributed by atoms with Crippen LogP contribution < -0.4 is 0 Å². The van der Waals surface area contributed by atoms with Crippen molar-refractivity contribution < 1.29 is 18.3 Å². The molecule has 0 aliphatic carbocycles. The standard InChI is InChI=1S/C9H11NO4S/c1-3-15(13,14)8-7(9(11)12)5-4-6(2)10-8/h4-5H,3H2,1-2H3,(H,11,12). The lowest BCUT2D eigenvalue weighted by molar-refractivity contribution is 0.0691. The molecule has 0 aliphatic rings. The van der Waals surface area contributed by atoms with Gasteiger partial charge in [-0.2, -0.15) is 0 Å². The van der Waals surface area contributed by atoms with Gasteiger partial charge in [0.15, 0.2) is 14.9 Å². The lowest BCUT2D eigenvalue weighted by atomic mass is 10.2. The second-order valence-corrected chi connectivity index (χ2v) is 5.21. The molecular formula is C9H11NO4S. The van der Waals surface area contributed by atoms with Crippen molar-refractivity contribution in [1.29, 1.82) is 0 Å². The van der Waals surface area contributed by atoms with E-state index >= 15 is 0 Å². The predicted octanol–water partition coefficient (Wildman–Crippen LogP) is 0.882. The van der Waals surface area contributed by atoms with Gasteiger partial charge < -0.3 is 5.11 Å². The van der Waals surface area contributed by atoms with Crippen molar-refractivity contribution >= 4 is 15.8 Å². The summed E-state index contributed by atoms with van der Waals surface area (Å²) in [5, 5.41) is 8.46. The number of carbonyl (C=O) groups is 1. The number of hydrogen-bond donors (Lipinski definition) is 1. The Balaban J connectivity index is 3.51. The molecule has 0 spiro atoms. The molecule has 1 aromatic heterocycles. The van der Waals surface area contributed by atoms with Crippen LogP contribution in [0.25, 0.3) is 0 Å². The highest BCUT2D eigenvalue weighted by molar-refractivity contribution is 7.91. The Morgan fingerprint density at radius 1 is 1.47 bits per heavy atom. The fourth-order valence-electron chi connectivity index (χ4n) is 1.07. The van der Waals surface area contributed by atoms with Gasteiger partial charge in [0.25, 0.3) is 0 Å². The first-order valence-corrected chi connectivity index (χ1v) is 5.97. The largest absolute Gasteiger partial charge is 0.478 e. The van der Waals surface area contributed by atoms with E-state index in [1.807, 2.05) is 0 Å². The quantitative estimate of drug-likeness (QED) is 0.831. The van der Waals surface area contributed by atoms with Crippen LogP contribution in [0.5, 0.6) is 0 Å². The molecule has 0 amide bonds. The number of rotatable bonds is 3. The van der Waals surface area contributed by atoms with Gasteiger partial charge in [-0.15, -0.1) is 0 Å². The monoisotopic (exact) mass is 229 g/mol. The first-order valence-electron chi connectivity index (χ1n) is 4.32. The SMILES string of the molecule is CCS(=O)(=O)c1nc(C)ccc1C(=O)O. The van der Waals surface area contributed by atoms with Crippen molar-refractivity contribution in [2.24, 2.45) is 0 Å². The molecule has 0 saturated heterocycles. The van der Waals surface area contributed by atoms with Crippen molar-refractivity contribution in [3.05, 3.63) is 23.4 Å². The number of hydrogen-bond acceptors (Lipinski definition) is 4. The number of carboxylic acids is 1. The summed E-state index contributed by atoms with van der Waals surface area (Å²) in [4.78, 5) is 14.6. The number of nitrogens with zero attached hydrogens (tertiary/aromatic N) is 1. The third-order valence-corrected chi connectivity index (χ3v) is 3.56. The van der Waals surface area contributed by atoms with E-state index in [4.69, 9.17) is 5.11 Å². The van der Waals surface area contributed by atoms with Crippen LogP contribution in [0.1, 0.15) is 23.0 Å². The maximum Gasteiger partial charge on any atom is 0.338 e. The van der Waals surface area contributed by atoms with Gasteiger partial charge in [-0.25, -0.2) is 18.2 Å². The smallest absolute Gasteiger partial charge is 0.338 e. The summed E-state index contributed by atoms with van der Waals surface area (Å²) < 4.78 is 23.1. The topological polar surface area (TPSA) is 84.3 Å². The van der Waals surface area contributed by atoms with Crippen molar-refractivity contribution in [3.8, 4) is 0 Å². The molecule has 0 atom stereocenters. The summed E-state index contributed by atoms with van der Waals surface area (Å²) in [6.45, 7) is 3.06. The molecule has 1 heterocycles. The van der Waals surface area contributed by atoms with Gasteiger partial charge in [-0.05, 0) is 19.1 Å². The molecule has 0 aliphatic heterocycles. The summed E-state index contributed by atoms with van der Waals surface area (Å²) in [6.07, 6.45) is 0. The Labute approximate surface area is 87.7 Å². The Morgan fingerprint density at radius 3 is 2.53 bits per heavy atom. The molecule has 0 radical (unpaired) electrons. The van der Waals surface area contributed by atoms with E-state index in [1.54, 1.807) is 6.92 Å². The summed E-state index contributed by atoms with van der Waals surface area (Å²) >= 11 is 0. The summed E-state index contributed by atoms with van der Waals surface area (Å²) in [5.41, 5.74) is 0.203. The lowest BCUT2D eigenvalue weighted by Gasteiger charge is -2.05. The number of aryl methyl sites for hydroxylation is 1. The zero-order chi connectivity index (χ0) is 11.6. The molecule has 1 N–H and O–H groups in total. The summed E-state index contributed by atoms with van der Waals surface area (Å²) in [5.74, 6) is -1.45. The van der Waals surface area contributed by atoms with Crippen LogP contribution in [0.2, 0.25) is 0 Å². The van der Waals surface area contributed by atoms with Crippen LogP contribution >= 0.6 is 0 Å². The summed E-state index contributed by atoms with van der Waals surface area (Å²) in [7, 11) is -3.59. The van der Waals surface area contributed by atoms with Crippen molar-refractivity contribution in [2.75, 3.05) is 5.75 Å². The maximum absolute atomic E-state index is 11.6. The highest BCUT2D eigenvalue weighted by Crippen LogP contribution is 2.15. The first-order chi connectivity index (χ1) is 6.88. The minimum Gasteiger partial charge on any atom is -0.478 e. The molecule has 82 valence electrons. The fourth-order valence-corrected chi connectivity index (χ4v) is 2.12. The first kappa shape index (κ1) is 11.6. The number of carboxylic acid groups (broad SMARTS) is 1. The van der Waals surface area contributed by atoms with E-state index < -0.39 is 15.8 Å². The van der Waals surface area contributed by atoms with E-state index in [-0.39, 0.29) is 16.3 Å². The predicted molar refractivity (Wildman–Crippen MR) is 53.7 cm³/mol. The van der Waals surface area contributed by atoms with E-state index in [2.05, 4.69) is 4.98 Å². The van der Waals surface area contributed by atoms with Gasteiger partial charge in [0.2, 0.25) is 0 Å². The van der Waals surface area contributed by atoms with Crippen LogP contribution in [0.4, 0.5) is 0 Å². The van der Waals surface area contributed by atoms with E-state index in [1.165, 1.54) is 19.1 Å². The average Bonchev–Trinajstić information content (AvgIpc) is 2.17. The van der Waals surface area contributed by atoms with Crippen LogP contribution in [0, 0.1) is 6.92 Å². The van der Waals surface area contributed by atoms with Crippen LogP contribution in [0.15, 0.2) is 17.2 Å². The highest BCUT2D eigenvalue weighted by Gasteiger charge is 2.22. The Kier molecular flexibility index (Phi) is 3.09. The second-order valence-electron chi connectivity index (χ2n) is 3.01. The van der Waals surface area contributed by atoms with E-state index in [0.717, 1.165) is 0 Å². The molecule has 15 heavy (non-hydrogen) atoms. The zero-order valence-electron chi connectivity index (χ0n) is 8.39. The van der Waals surface area contributed by atoms with Gasteiger partial charge in [-0.3, -0.25) is 0 Å². The molecule has 1 rings (SSSR count). The van der Waals surface area contributed by atoms with Crippen LogP contribution in [-0.2, 0) is 9.84 Å². The zero-order valence-corrected chi connectivity index (χ0v) is 9.21. The van der Waals surface area contributed by atoms with Crippen molar-refractivity contribution in [2.45, 2.75) is 18.9 Å². The minimum atomic E-state index is -3.59. The third kappa shape index (κ3) is 2.33. The van der Waals surface area contributed by atoms with Gasteiger partial charge in [-0.1, -0.05) is 6.92 Å². The maximum atomic E-state index is 11.6.